The van der Waals surface area contributed by atoms with Crippen molar-refractivity contribution in [3.63, 3.8) is 0 Å². The van der Waals surface area contributed by atoms with E-state index in [-0.39, 0.29) is 23.3 Å². The van der Waals surface area contributed by atoms with Crippen molar-refractivity contribution < 1.29 is 24.8 Å². The predicted molar refractivity (Wildman–Crippen MR) is 109 cm³/mol. The first-order valence-corrected chi connectivity index (χ1v) is 9.53. The Bertz CT molecular complexity index is 1070. The Labute approximate surface area is 172 Å². The molecule has 0 fully saturated rings. The fraction of sp³-hybridized carbons (Fsp3) is 0.125. The van der Waals surface area contributed by atoms with Crippen LogP contribution in [0.25, 0.3) is 0 Å². The lowest BCUT2D eigenvalue weighted by Crippen LogP contribution is -3.17. The summed E-state index contributed by atoms with van der Waals surface area (Å²) in [6, 6.07) is 23.0. The maximum absolute atomic E-state index is 13.4. The second kappa shape index (κ2) is 7.76. The van der Waals surface area contributed by atoms with Crippen molar-refractivity contribution in [3.05, 3.63) is 112 Å². The molecular weight excluding hydrogens is 382 g/mol. The lowest BCUT2D eigenvalue weighted by Gasteiger charge is -2.38. The standard InChI is InChI=1S/C24H19NO5/c26-21(17-11-5-2-6-12-17)15-20(16-9-3-1-4-10-16)24(25(29)30)22(27)18-13-7-8-14-19(18)23(24)28/h1-14,20,25,29H,15H2/t20-/m0/s1. The minimum absolute atomic E-state index is 0.0815. The first-order valence-electron chi connectivity index (χ1n) is 9.53. The van der Waals surface area contributed by atoms with Gasteiger partial charge in [-0.2, -0.15) is 0 Å². The Morgan fingerprint density at radius 3 is 1.80 bits per heavy atom. The molecule has 0 spiro atoms. The number of quaternary nitrogens is 1. The van der Waals surface area contributed by atoms with Gasteiger partial charge in [0.1, 0.15) is 0 Å². The van der Waals surface area contributed by atoms with Crippen molar-refractivity contribution in [1.29, 1.82) is 0 Å². The molecule has 0 heterocycles. The fourth-order valence-corrected chi connectivity index (χ4v) is 4.20. The number of Topliss-reactive ketones (excluding diaryl/α,β-unsaturated/α-hetero) is 3. The van der Waals surface area contributed by atoms with Gasteiger partial charge in [-0.15, -0.1) is 0 Å². The molecule has 1 aliphatic carbocycles. The molecule has 6 nitrogen and oxygen atoms in total. The van der Waals surface area contributed by atoms with Gasteiger partial charge in [0.15, 0.2) is 5.78 Å². The van der Waals surface area contributed by atoms with Crippen molar-refractivity contribution >= 4 is 17.3 Å². The summed E-state index contributed by atoms with van der Waals surface area (Å²) in [6.07, 6.45) is -0.286. The minimum Gasteiger partial charge on any atom is -0.599 e. The average Bonchev–Trinajstić information content (AvgIpc) is 3.01. The molecule has 150 valence electrons. The quantitative estimate of drug-likeness (QED) is 0.376. The number of hydrogen-bond acceptors (Lipinski definition) is 5. The summed E-state index contributed by atoms with van der Waals surface area (Å²) in [5, 5.41) is 21.3. The first kappa shape index (κ1) is 19.8. The van der Waals surface area contributed by atoms with Gasteiger partial charge in [0.2, 0.25) is 11.6 Å². The molecular formula is C24H19NO5. The maximum atomic E-state index is 13.4. The lowest BCUT2D eigenvalue weighted by atomic mass is 9.73. The van der Waals surface area contributed by atoms with E-state index in [4.69, 9.17) is 0 Å². The Morgan fingerprint density at radius 1 is 0.833 bits per heavy atom. The Hall–Kier alpha value is -3.45. The number of nitrogens with one attached hydrogen (secondary N) is 1. The van der Waals surface area contributed by atoms with Crippen molar-refractivity contribution in [1.82, 2.24) is 0 Å². The zero-order valence-electron chi connectivity index (χ0n) is 15.9. The Kier molecular flexibility index (Phi) is 5.13. The molecule has 30 heavy (non-hydrogen) atoms. The number of carbonyl (C=O) groups is 3. The summed E-state index contributed by atoms with van der Waals surface area (Å²) < 4.78 is 0. The number of hydrogen-bond donors (Lipinski definition) is 2. The van der Waals surface area contributed by atoms with Crippen LogP contribution in [0.3, 0.4) is 0 Å². The molecule has 1 aliphatic rings. The fourth-order valence-electron chi connectivity index (χ4n) is 4.20. The number of hydroxylamine groups is 2. The van der Waals surface area contributed by atoms with E-state index in [1.807, 2.05) is 0 Å². The van der Waals surface area contributed by atoms with Crippen LogP contribution in [0.5, 0.6) is 0 Å². The van der Waals surface area contributed by atoms with Gasteiger partial charge >= 0.3 is 0 Å². The SMILES string of the molecule is O=C(C[C@@H](c1ccccc1)C1([NH+]([O-])O)C(=O)c2ccccc2C1=O)c1ccccc1. The summed E-state index contributed by atoms with van der Waals surface area (Å²) >= 11 is 0. The van der Waals surface area contributed by atoms with Crippen LogP contribution < -0.4 is 5.23 Å². The second-order valence-electron chi connectivity index (χ2n) is 7.27. The van der Waals surface area contributed by atoms with E-state index in [0.29, 0.717) is 11.1 Å². The van der Waals surface area contributed by atoms with Gasteiger partial charge in [-0.05, 0) is 5.56 Å². The van der Waals surface area contributed by atoms with Gasteiger partial charge in [0, 0.05) is 23.1 Å². The zero-order chi connectivity index (χ0) is 21.3. The smallest absolute Gasteiger partial charge is 0.260 e. The summed E-state index contributed by atoms with van der Waals surface area (Å²) in [5.41, 5.74) is -1.36. The van der Waals surface area contributed by atoms with Crippen LogP contribution in [0.15, 0.2) is 84.9 Å². The molecule has 0 saturated carbocycles. The number of fused-ring (bicyclic) bond motifs is 1. The Morgan fingerprint density at radius 2 is 1.30 bits per heavy atom. The van der Waals surface area contributed by atoms with Gasteiger partial charge in [-0.1, -0.05) is 84.9 Å². The van der Waals surface area contributed by atoms with Crippen molar-refractivity contribution in [2.75, 3.05) is 0 Å². The average molecular weight is 401 g/mol. The number of ketones is 3. The second-order valence-corrected chi connectivity index (χ2v) is 7.27. The van der Waals surface area contributed by atoms with Crippen molar-refractivity contribution in [2.24, 2.45) is 0 Å². The highest BCUT2D eigenvalue weighted by atomic mass is 16.8. The van der Waals surface area contributed by atoms with Crippen LogP contribution >= 0.6 is 0 Å². The third-order valence-electron chi connectivity index (χ3n) is 5.68. The Balaban J connectivity index is 1.88. The molecule has 3 aromatic carbocycles. The van der Waals surface area contributed by atoms with Crippen molar-refractivity contribution in [3.8, 4) is 0 Å². The van der Waals surface area contributed by atoms with Crippen molar-refractivity contribution in [2.45, 2.75) is 17.9 Å². The molecule has 0 radical (unpaired) electrons. The third-order valence-corrected chi connectivity index (χ3v) is 5.68. The molecule has 0 aliphatic heterocycles. The van der Waals surface area contributed by atoms with Crippen LogP contribution in [0, 0.1) is 5.21 Å². The van der Waals surface area contributed by atoms with E-state index in [1.165, 1.54) is 12.1 Å². The monoisotopic (exact) mass is 401 g/mol. The maximum Gasteiger partial charge on any atom is 0.260 e. The van der Waals surface area contributed by atoms with E-state index >= 15 is 0 Å². The highest BCUT2D eigenvalue weighted by Gasteiger charge is 2.64. The lowest BCUT2D eigenvalue weighted by molar-refractivity contribution is -1.07. The van der Waals surface area contributed by atoms with E-state index in [9.17, 15) is 24.8 Å². The van der Waals surface area contributed by atoms with Crippen LogP contribution in [0.1, 0.15) is 49.0 Å². The molecule has 3 aromatic rings. The topological polar surface area (TPSA) is 98.9 Å². The van der Waals surface area contributed by atoms with E-state index in [2.05, 4.69) is 0 Å². The zero-order valence-corrected chi connectivity index (χ0v) is 15.9. The predicted octanol–water partition coefficient (Wildman–Crippen LogP) is 2.63. The number of benzene rings is 3. The van der Waals surface area contributed by atoms with Crippen LogP contribution in [-0.4, -0.2) is 28.1 Å². The molecule has 6 heteroatoms. The van der Waals surface area contributed by atoms with Gasteiger partial charge < -0.3 is 5.21 Å². The van der Waals surface area contributed by atoms with Crippen LogP contribution in [0.2, 0.25) is 0 Å². The normalized spacial score (nSPS) is 16.7. The molecule has 1 unspecified atom stereocenters. The van der Waals surface area contributed by atoms with E-state index in [0.717, 1.165) is 0 Å². The minimum atomic E-state index is -2.38. The molecule has 0 aromatic heterocycles. The molecule has 2 atom stereocenters. The van der Waals surface area contributed by atoms with Gasteiger partial charge in [0.05, 0.1) is 5.92 Å². The largest absolute Gasteiger partial charge is 0.599 e. The van der Waals surface area contributed by atoms with Crippen LogP contribution in [0.4, 0.5) is 0 Å². The number of rotatable bonds is 6. The van der Waals surface area contributed by atoms with E-state index in [1.54, 1.807) is 72.8 Å². The molecule has 0 saturated heterocycles. The van der Waals surface area contributed by atoms with E-state index < -0.39 is 28.2 Å². The summed E-state index contributed by atoms with van der Waals surface area (Å²) in [4.78, 5) is 39.8. The summed E-state index contributed by atoms with van der Waals surface area (Å²) in [7, 11) is 0. The molecule has 2 N–H and O–H groups in total. The highest BCUT2D eigenvalue weighted by Crippen LogP contribution is 2.40. The van der Waals surface area contributed by atoms with Gasteiger partial charge in [-0.3, -0.25) is 14.4 Å². The molecule has 0 bridgehead atoms. The van der Waals surface area contributed by atoms with Gasteiger partial charge in [-0.25, -0.2) is 10.4 Å². The molecule has 4 rings (SSSR count). The van der Waals surface area contributed by atoms with Crippen LogP contribution in [-0.2, 0) is 0 Å². The molecule has 0 amide bonds. The summed E-state index contributed by atoms with van der Waals surface area (Å²) in [5.74, 6) is -3.02. The number of carbonyl (C=O) groups excluding carboxylic acids is 3. The summed E-state index contributed by atoms with van der Waals surface area (Å²) in [6.45, 7) is 0. The third kappa shape index (κ3) is 2.98. The highest BCUT2D eigenvalue weighted by molar-refractivity contribution is 6.32. The first-order chi connectivity index (χ1) is 14.5. The van der Waals surface area contributed by atoms with Gasteiger partial charge in [0.25, 0.3) is 5.54 Å².